The van der Waals surface area contributed by atoms with Crippen LogP contribution >= 0.6 is 15.9 Å². The van der Waals surface area contributed by atoms with Crippen molar-refractivity contribution in [2.45, 2.75) is 6.92 Å². The molecule has 82 valence electrons. The molecule has 0 aliphatic rings. The molecule has 1 aromatic carbocycles. The molecule has 0 atom stereocenters. The molecule has 1 N–H and O–H groups in total. The first kappa shape index (κ1) is 12.2. The molecule has 0 aromatic heterocycles. The van der Waals surface area contributed by atoms with E-state index in [2.05, 4.69) is 15.9 Å². The van der Waals surface area contributed by atoms with Gasteiger partial charge in [-0.3, -0.25) is 4.79 Å². The van der Waals surface area contributed by atoms with Gasteiger partial charge in [-0.1, -0.05) is 0 Å². The lowest BCUT2D eigenvalue weighted by Gasteiger charge is -2.19. The fourth-order valence-corrected chi connectivity index (χ4v) is 1.99. The van der Waals surface area contributed by atoms with E-state index < -0.39 is 0 Å². The second kappa shape index (κ2) is 5.28. The van der Waals surface area contributed by atoms with Gasteiger partial charge in [0, 0.05) is 23.6 Å². The minimum absolute atomic E-state index is 0.0482. The summed E-state index contributed by atoms with van der Waals surface area (Å²) in [7, 11) is 1.89. The summed E-state index contributed by atoms with van der Waals surface area (Å²) in [6, 6.07) is 5.46. The van der Waals surface area contributed by atoms with E-state index >= 15 is 0 Å². The van der Waals surface area contributed by atoms with Gasteiger partial charge in [0.1, 0.15) is 0 Å². The number of nitrogens with zero attached hydrogens (tertiary/aromatic N) is 1. The van der Waals surface area contributed by atoms with E-state index in [4.69, 9.17) is 5.11 Å². The lowest BCUT2D eigenvalue weighted by molar-refractivity contribution is 0.101. The van der Waals surface area contributed by atoms with Crippen LogP contribution in [0.3, 0.4) is 0 Å². The Morgan fingerprint density at radius 3 is 2.67 bits per heavy atom. The number of likely N-dealkylation sites (N-methyl/N-ethyl adjacent to an activating group) is 1. The summed E-state index contributed by atoms with van der Waals surface area (Å²) in [6.45, 7) is 2.22. The largest absolute Gasteiger partial charge is 0.395 e. The second-order valence-electron chi connectivity index (χ2n) is 3.37. The zero-order chi connectivity index (χ0) is 11.4. The van der Waals surface area contributed by atoms with E-state index in [0.717, 1.165) is 10.2 Å². The predicted molar refractivity (Wildman–Crippen MR) is 64.5 cm³/mol. The smallest absolute Gasteiger partial charge is 0.159 e. The van der Waals surface area contributed by atoms with Crippen molar-refractivity contribution in [2.24, 2.45) is 0 Å². The zero-order valence-electron chi connectivity index (χ0n) is 8.83. The van der Waals surface area contributed by atoms with E-state index in [9.17, 15) is 4.79 Å². The molecule has 15 heavy (non-hydrogen) atoms. The minimum atomic E-state index is 0.0482. The highest BCUT2D eigenvalue weighted by Gasteiger charge is 2.07. The molecule has 0 unspecified atom stereocenters. The van der Waals surface area contributed by atoms with Gasteiger partial charge in [0.15, 0.2) is 5.78 Å². The van der Waals surface area contributed by atoms with Gasteiger partial charge >= 0.3 is 0 Å². The maximum atomic E-state index is 11.1. The van der Waals surface area contributed by atoms with Crippen molar-refractivity contribution in [1.29, 1.82) is 0 Å². The Labute approximate surface area is 97.8 Å². The van der Waals surface area contributed by atoms with Crippen LogP contribution in [0.5, 0.6) is 0 Å². The molecular weight excluding hydrogens is 258 g/mol. The van der Waals surface area contributed by atoms with Crippen molar-refractivity contribution in [3.05, 3.63) is 28.2 Å². The van der Waals surface area contributed by atoms with E-state index in [1.54, 1.807) is 19.1 Å². The molecule has 1 aromatic rings. The molecule has 0 aliphatic heterocycles. The van der Waals surface area contributed by atoms with Crippen LogP contribution in [0.1, 0.15) is 17.3 Å². The van der Waals surface area contributed by atoms with E-state index in [-0.39, 0.29) is 12.4 Å². The van der Waals surface area contributed by atoms with E-state index in [1.807, 2.05) is 18.0 Å². The highest BCUT2D eigenvalue weighted by atomic mass is 79.9. The van der Waals surface area contributed by atoms with Crippen LogP contribution in [0.2, 0.25) is 0 Å². The molecule has 0 aliphatic carbocycles. The Morgan fingerprint density at radius 2 is 2.20 bits per heavy atom. The van der Waals surface area contributed by atoms with Crippen molar-refractivity contribution in [3.8, 4) is 0 Å². The van der Waals surface area contributed by atoms with Crippen molar-refractivity contribution in [2.75, 3.05) is 25.1 Å². The molecule has 0 amide bonds. The number of halogens is 1. The fraction of sp³-hybridized carbons (Fsp3) is 0.364. The Bertz CT molecular complexity index is 366. The second-order valence-corrected chi connectivity index (χ2v) is 4.22. The lowest BCUT2D eigenvalue weighted by atomic mass is 10.1. The maximum absolute atomic E-state index is 11.1. The van der Waals surface area contributed by atoms with Gasteiger partial charge < -0.3 is 10.0 Å². The summed E-state index contributed by atoms with van der Waals surface area (Å²) in [5.41, 5.74) is 1.65. The third-order valence-electron chi connectivity index (χ3n) is 2.20. The minimum Gasteiger partial charge on any atom is -0.395 e. The molecule has 0 saturated heterocycles. The molecule has 3 nitrogen and oxygen atoms in total. The van der Waals surface area contributed by atoms with Crippen molar-refractivity contribution in [1.82, 2.24) is 0 Å². The highest BCUT2D eigenvalue weighted by molar-refractivity contribution is 9.10. The maximum Gasteiger partial charge on any atom is 0.159 e. The van der Waals surface area contributed by atoms with Crippen LogP contribution in [0.15, 0.2) is 22.7 Å². The van der Waals surface area contributed by atoms with E-state index in [0.29, 0.717) is 12.1 Å². The van der Waals surface area contributed by atoms with Gasteiger partial charge in [0.25, 0.3) is 0 Å². The molecule has 0 fully saturated rings. The van der Waals surface area contributed by atoms with Gasteiger partial charge in [-0.15, -0.1) is 0 Å². The molecule has 0 bridgehead atoms. The summed E-state index contributed by atoms with van der Waals surface area (Å²) >= 11 is 3.41. The normalized spacial score (nSPS) is 10.1. The molecule has 4 heteroatoms. The third kappa shape index (κ3) is 3.04. The lowest BCUT2D eigenvalue weighted by Crippen LogP contribution is -2.21. The highest BCUT2D eigenvalue weighted by Crippen LogP contribution is 2.26. The monoisotopic (exact) mass is 271 g/mol. The molecule has 0 radical (unpaired) electrons. The molecular formula is C11H14BrNO2. The molecule has 0 spiro atoms. The number of hydrogen-bond acceptors (Lipinski definition) is 3. The standard InChI is InChI=1S/C11H14BrNO2/c1-8(15)9-3-4-11(10(12)7-9)13(2)5-6-14/h3-4,7,14H,5-6H2,1-2H3. The van der Waals surface area contributed by atoms with Crippen LogP contribution in [-0.2, 0) is 0 Å². The van der Waals surface area contributed by atoms with Crippen LogP contribution in [0.4, 0.5) is 5.69 Å². The zero-order valence-corrected chi connectivity index (χ0v) is 10.4. The van der Waals surface area contributed by atoms with Crippen LogP contribution in [-0.4, -0.2) is 31.1 Å². The van der Waals surface area contributed by atoms with Gasteiger partial charge in [-0.2, -0.15) is 0 Å². The number of Topliss-reactive ketones (excluding diaryl/α,β-unsaturated/α-hetero) is 1. The van der Waals surface area contributed by atoms with Crippen molar-refractivity contribution < 1.29 is 9.90 Å². The number of anilines is 1. The number of carbonyl (C=O) groups excluding carboxylic acids is 1. The first-order valence-electron chi connectivity index (χ1n) is 4.68. The summed E-state index contributed by atoms with van der Waals surface area (Å²) in [4.78, 5) is 13.1. The van der Waals surface area contributed by atoms with Gasteiger partial charge in [0.05, 0.1) is 12.3 Å². The topological polar surface area (TPSA) is 40.5 Å². The van der Waals surface area contributed by atoms with E-state index in [1.165, 1.54) is 0 Å². The first-order valence-corrected chi connectivity index (χ1v) is 5.48. The fourth-order valence-electron chi connectivity index (χ4n) is 1.31. The molecule has 1 rings (SSSR count). The number of ketones is 1. The Balaban J connectivity index is 2.97. The van der Waals surface area contributed by atoms with Crippen LogP contribution in [0.25, 0.3) is 0 Å². The summed E-state index contributed by atoms with van der Waals surface area (Å²) in [5, 5.41) is 8.82. The van der Waals surface area contributed by atoms with Crippen LogP contribution < -0.4 is 4.90 Å². The quantitative estimate of drug-likeness (QED) is 0.853. The summed E-state index contributed by atoms with van der Waals surface area (Å²) in [5.74, 6) is 0.0482. The average molecular weight is 272 g/mol. The number of carbonyl (C=O) groups is 1. The van der Waals surface area contributed by atoms with Crippen molar-refractivity contribution >= 4 is 27.4 Å². The first-order chi connectivity index (χ1) is 7.06. The van der Waals surface area contributed by atoms with Crippen molar-refractivity contribution in [3.63, 3.8) is 0 Å². The number of benzene rings is 1. The molecule has 0 saturated carbocycles. The summed E-state index contributed by atoms with van der Waals surface area (Å²) < 4.78 is 0.867. The Morgan fingerprint density at radius 1 is 1.53 bits per heavy atom. The average Bonchev–Trinajstić information content (AvgIpc) is 2.17. The number of hydrogen-bond donors (Lipinski definition) is 1. The van der Waals surface area contributed by atoms with Gasteiger partial charge in [-0.25, -0.2) is 0 Å². The Hall–Kier alpha value is -0.870. The summed E-state index contributed by atoms with van der Waals surface area (Å²) in [6.07, 6.45) is 0. The number of rotatable bonds is 4. The third-order valence-corrected chi connectivity index (χ3v) is 2.84. The Kier molecular flexibility index (Phi) is 4.29. The van der Waals surface area contributed by atoms with Gasteiger partial charge in [-0.05, 0) is 41.1 Å². The van der Waals surface area contributed by atoms with Gasteiger partial charge in [0.2, 0.25) is 0 Å². The predicted octanol–water partition coefficient (Wildman–Crippen LogP) is 2.08. The molecule has 0 heterocycles. The SMILES string of the molecule is CC(=O)c1ccc(N(C)CCO)c(Br)c1. The number of aliphatic hydroxyl groups excluding tert-OH is 1. The van der Waals surface area contributed by atoms with Crippen LogP contribution in [0, 0.1) is 0 Å². The number of aliphatic hydroxyl groups is 1.